The minimum Gasteiger partial charge on any atom is -0.451 e. The van der Waals surface area contributed by atoms with Crippen LogP contribution in [0.25, 0.3) is 0 Å². The maximum atomic E-state index is 11.6. The van der Waals surface area contributed by atoms with Crippen LogP contribution in [0, 0.1) is 6.92 Å². The average Bonchev–Trinajstić information content (AvgIpc) is 2.92. The van der Waals surface area contributed by atoms with Crippen LogP contribution >= 0.6 is 11.3 Å². The number of hydrogen-bond donors (Lipinski definition) is 1. The van der Waals surface area contributed by atoms with E-state index in [1.807, 2.05) is 6.92 Å². The summed E-state index contributed by atoms with van der Waals surface area (Å²) in [6.45, 7) is 1.47. The normalized spacial score (nSPS) is 20.6. The molecule has 1 fully saturated rings. The van der Waals surface area contributed by atoms with E-state index in [0.29, 0.717) is 11.3 Å². The van der Waals surface area contributed by atoms with Gasteiger partial charge in [0.2, 0.25) is 0 Å². The van der Waals surface area contributed by atoms with Crippen molar-refractivity contribution in [2.45, 2.75) is 19.4 Å². The molecule has 8 heteroatoms. The Kier molecular flexibility index (Phi) is 4.44. The van der Waals surface area contributed by atoms with Crippen LogP contribution in [0.15, 0.2) is 12.1 Å². The van der Waals surface area contributed by atoms with E-state index >= 15 is 0 Å². The molecule has 110 valence electrons. The van der Waals surface area contributed by atoms with Crippen molar-refractivity contribution in [2.75, 3.05) is 18.1 Å². The molecule has 0 radical (unpaired) electrons. The van der Waals surface area contributed by atoms with Crippen LogP contribution in [0.3, 0.4) is 0 Å². The highest BCUT2D eigenvalue weighted by molar-refractivity contribution is 7.91. The zero-order valence-electron chi connectivity index (χ0n) is 10.9. The fraction of sp³-hybridized carbons (Fsp3) is 0.500. The number of aryl methyl sites for hydroxylation is 1. The SMILES string of the molecule is Cc1ccc(C(=O)OCC(=O)NC2CCS(=O)(=O)C2)s1. The third-order valence-electron chi connectivity index (χ3n) is 2.87. The van der Waals surface area contributed by atoms with Gasteiger partial charge < -0.3 is 10.1 Å². The molecule has 2 heterocycles. The summed E-state index contributed by atoms with van der Waals surface area (Å²) in [5.41, 5.74) is 0. The van der Waals surface area contributed by atoms with Gasteiger partial charge in [-0.05, 0) is 25.5 Å². The van der Waals surface area contributed by atoms with E-state index in [1.54, 1.807) is 12.1 Å². The first kappa shape index (κ1) is 15.0. The molecule has 0 spiro atoms. The van der Waals surface area contributed by atoms with Gasteiger partial charge in [-0.3, -0.25) is 4.79 Å². The monoisotopic (exact) mass is 317 g/mol. The van der Waals surface area contributed by atoms with Crippen LogP contribution in [0.4, 0.5) is 0 Å². The number of rotatable bonds is 4. The Bertz CT molecular complexity index is 620. The van der Waals surface area contributed by atoms with Gasteiger partial charge in [-0.1, -0.05) is 0 Å². The van der Waals surface area contributed by atoms with Gasteiger partial charge in [0.05, 0.1) is 11.5 Å². The van der Waals surface area contributed by atoms with Gasteiger partial charge >= 0.3 is 5.97 Å². The average molecular weight is 317 g/mol. The largest absolute Gasteiger partial charge is 0.451 e. The van der Waals surface area contributed by atoms with Gasteiger partial charge in [0.15, 0.2) is 16.4 Å². The van der Waals surface area contributed by atoms with Crippen molar-refractivity contribution in [1.29, 1.82) is 0 Å². The van der Waals surface area contributed by atoms with E-state index in [9.17, 15) is 18.0 Å². The smallest absolute Gasteiger partial charge is 0.348 e. The molecule has 2 rings (SSSR count). The fourth-order valence-corrected chi connectivity index (χ4v) is 4.36. The van der Waals surface area contributed by atoms with Crippen molar-refractivity contribution < 1.29 is 22.7 Å². The van der Waals surface area contributed by atoms with Crippen molar-refractivity contribution in [3.8, 4) is 0 Å². The second-order valence-corrected chi connectivity index (χ2v) is 8.17. The Morgan fingerprint density at radius 3 is 2.75 bits per heavy atom. The fourth-order valence-electron chi connectivity index (χ4n) is 1.92. The predicted octanol–water partition coefficient (Wildman–Crippen LogP) is 0.517. The van der Waals surface area contributed by atoms with Crippen LogP contribution in [0.1, 0.15) is 21.0 Å². The standard InChI is InChI=1S/C12H15NO5S2/c1-8-2-3-10(19-8)12(15)18-6-11(14)13-9-4-5-20(16,17)7-9/h2-3,9H,4-7H2,1H3,(H,13,14). The molecule has 1 N–H and O–H groups in total. The first-order chi connectivity index (χ1) is 9.35. The lowest BCUT2D eigenvalue weighted by Crippen LogP contribution is -2.38. The van der Waals surface area contributed by atoms with Crippen molar-refractivity contribution in [1.82, 2.24) is 5.32 Å². The predicted molar refractivity (Wildman–Crippen MR) is 74.5 cm³/mol. The van der Waals surface area contributed by atoms with Gasteiger partial charge in [0.25, 0.3) is 5.91 Å². The van der Waals surface area contributed by atoms with Crippen molar-refractivity contribution in [3.05, 3.63) is 21.9 Å². The molecule has 1 aliphatic rings. The van der Waals surface area contributed by atoms with Crippen LogP contribution in [-0.2, 0) is 19.4 Å². The number of esters is 1. The Morgan fingerprint density at radius 1 is 1.45 bits per heavy atom. The van der Waals surface area contributed by atoms with E-state index in [0.717, 1.165) is 4.88 Å². The number of ether oxygens (including phenoxy) is 1. The maximum absolute atomic E-state index is 11.6. The summed E-state index contributed by atoms with van der Waals surface area (Å²) < 4.78 is 27.4. The first-order valence-corrected chi connectivity index (χ1v) is 8.73. The molecular formula is C12H15NO5S2. The molecule has 1 atom stereocenters. The zero-order chi connectivity index (χ0) is 14.8. The maximum Gasteiger partial charge on any atom is 0.348 e. The molecule has 1 aromatic heterocycles. The second kappa shape index (κ2) is 5.92. The number of carbonyl (C=O) groups excluding carboxylic acids is 2. The molecule has 0 bridgehead atoms. The van der Waals surface area contributed by atoms with Gasteiger partial charge in [0.1, 0.15) is 4.88 Å². The lowest BCUT2D eigenvalue weighted by atomic mass is 10.2. The van der Waals surface area contributed by atoms with Crippen LogP contribution in [0.5, 0.6) is 0 Å². The van der Waals surface area contributed by atoms with Crippen LogP contribution in [-0.4, -0.2) is 44.4 Å². The molecule has 0 aliphatic carbocycles. The Morgan fingerprint density at radius 2 is 2.20 bits per heavy atom. The summed E-state index contributed by atoms with van der Waals surface area (Å²) in [5, 5.41) is 2.55. The first-order valence-electron chi connectivity index (χ1n) is 6.09. The van der Waals surface area contributed by atoms with Crippen LogP contribution < -0.4 is 5.32 Å². The summed E-state index contributed by atoms with van der Waals surface area (Å²) in [4.78, 5) is 24.6. The highest BCUT2D eigenvalue weighted by Gasteiger charge is 2.29. The van der Waals surface area contributed by atoms with Crippen LogP contribution in [0.2, 0.25) is 0 Å². The highest BCUT2D eigenvalue weighted by atomic mass is 32.2. The molecular weight excluding hydrogens is 302 g/mol. The van der Waals surface area contributed by atoms with E-state index < -0.39 is 28.3 Å². The van der Waals surface area contributed by atoms with E-state index in [2.05, 4.69) is 5.32 Å². The van der Waals surface area contributed by atoms with Gasteiger partial charge in [-0.2, -0.15) is 0 Å². The molecule has 0 aromatic carbocycles. The summed E-state index contributed by atoms with van der Waals surface area (Å²) in [7, 11) is -3.03. The second-order valence-electron chi connectivity index (χ2n) is 4.65. The number of hydrogen-bond acceptors (Lipinski definition) is 6. The summed E-state index contributed by atoms with van der Waals surface area (Å²) in [6.07, 6.45) is 0.409. The molecule has 1 saturated heterocycles. The zero-order valence-corrected chi connectivity index (χ0v) is 12.6. The topological polar surface area (TPSA) is 89.5 Å². The molecule has 1 unspecified atom stereocenters. The van der Waals surface area contributed by atoms with Crippen molar-refractivity contribution in [2.24, 2.45) is 0 Å². The van der Waals surface area contributed by atoms with Crippen molar-refractivity contribution in [3.63, 3.8) is 0 Å². The van der Waals surface area contributed by atoms with Crippen molar-refractivity contribution >= 4 is 33.1 Å². The lowest BCUT2D eigenvalue weighted by Gasteiger charge is -2.10. The number of amides is 1. The third-order valence-corrected chi connectivity index (χ3v) is 5.62. The van der Waals surface area contributed by atoms with E-state index in [-0.39, 0.29) is 17.5 Å². The Hall–Kier alpha value is -1.41. The molecule has 1 amide bonds. The molecule has 0 saturated carbocycles. The summed E-state index contributed by atoms with van der Waals surface area (Å²) in [6, 6.07) is 3.06. The molecule has 1 aromatic rings. The van der Waals surface area contributed by atoms with Gasteiger partial charge in [-0.15, -0.1) is 11.3 Å². The molecule has 6 nitrogen and oxygen atoms in total. The molecule has 1 aliphatic heterocycles. The minimum absolute atomic E-state index is 0.0448. The van der Waals surface area contributed by atoms with E-state index in [4.69, 9.17) is 4.74 Å². The van der Waals surface area contributed by atoms with Gasteiger partial charge in [0, 0.05) is 10.9 Å². The number of sulfone groups is 1. The molecule has 20 heavy (non-hydrogen) atoms. The Labute approximate surface area is 121 Å². The highest BCUT2D eigenvalue weighted by Crippen LogP contribution is 2.16. The number of nitrogens with one attached hydrogen (secondary N) is 1. The quantitative estimate of drug-likeness (QED) is 0.818. The summed E-state index contributed by atoms with van der Waals surface area (Å²) in [5.74, 6) is -0.978. The summed E-state index contributed by atoms with van der Waals surface area (Å²) >= 11 is 1.29. The Balaban J connectivity index is 1.77. The third kappa shape index (κ3) is 4.04. The lowest BCUT2D eigenvalue weighted by molar-refractivity contribution is -0.124. The van der Waals surface area contributed by atoms with E-state index in [1.165, 1.54) is 11.3 Å². The number of thiophene rings is 1. The number of carbonyl (C=O) groups is 2. The van der Waals surface area contributed by atoms with Gasteiger partial charge in [-0.25, -0.2) is 13.2 Å². The minimum atomic E-state index is -3.03.